The van der Waals surface area contributed by atoms with Crippen LogP contribution in [0.1, 0.15) is 11.3 Å². The van der Waals surface area contributed by atoms with Crippen LogP contribution in [0.4, 0.5) is 0 Å². The van der Waals surface area contributed by atoms with Crippen molar-refractivity contribution < 1.29 is 0 Å². The van der Waals surface area contributed by atoms with E-state index < -0.39 is 0 Å². The van der Waals surface area contributed by atoms with Gasteiger partial charge in [0, 0.05) is 22.0 Å². The monoisotopic (exact) mass is 437 g/mol. The molecule has 0 radical (unpaired) electrons. The number of rotatable bonds is 3. The van der Waals surface area contributed by atoms with Gasteiger partial charge in [0.1, 0.15) is 0 Å². The van der Waals surface area contributed by atoms with Crippen molar-refractivity contribution in [2.75, 3.05) is 0 Å². The number of fused-ring (bicyclic) bond motifs is 3. The van der Waals surface area contributed by atoms with Crippen LogP contribution in [-0.4, -0.2) is 15.0 Å². The maximum atomic E-state index is 5.12. The zero-order chi connectivity index (χ0) is 23.1. The standard InChI is InChI=1S/C31H23N3/c1-20-17-28(34-31-26(20)16-15-24-14-13-21(2)32-30(24)31)29-19-25(22-9-5-3-6-10-22)18-27(33-29)23-11-7-4-8-12-23/h3-19H,1-2H3. The van der Waals surface area contributed by atoms with Crippen molar-refractivity contribution in [2.45, 2.75) is 13.8 Å². The lowest BCUT2D eigenvalue weighted by atomic mass is 10.00. The summed E-state index contributed by atoms with van der Waals surface area (Å²) in [7, 11) is 0. The van der Waals surface area contributed by atoms with Crippen LogP contribution in [0.5, 0.6) is 0 Å². The molecule has 3 heteroatoms. The van der Waals surface area contributed by atoms with Crippen LogP contribution in [-0.2, 0) is 0 Å². The molecule has 0 spiro atoms. The molecule has 0 N–H and O–H groups in total. The smallest absolute Gasteiger partial charge is 0.0975 e. The van der Waals surface area contributed by atoms with Crippen LogP contribution in [0.2, 0.25) is 0 Å². The number of nitrogens with zero attached hydrogens (tertiary/aromatic N) is 3. The molecule has 0 aliphatic rings. The molecule has 0 fully saturated rings. The lowest BCUT2D eigenvalue weighted by Crippen LogP contribution is -1.96. The Balaban J connectivity index is 1.62. The van der Waals surface area contributed by atoms with Crippen molar-refractivity contribution in [3.05, 3.63) is 114 Å². The van der Waals surface area contributed by atoms with Gasteiger partial charge in [0.05, 0.1) is 28.1 Å². The van der Waals surface area contributed by atoms with Gasteiger partial charge in [0.25, 0.3) is 0 Å². The molecule has 34 heavy (non-hydrogen) atoms. The fraction of sp³-hybridized carbons (Fsp3) is 0.0645. The maximum Gasteiger partial charge on any atom is 0.0975 e. The first-order valence-electron chi connectivity index (χ1n) is 11.5. The molecule has 0 atom stereocenters. The summed E-state index contributed by atoms with van der Waals surface area (Å²) in [5.41, 5.74) is 10.0. The number of hydrogen-bond donors (Lipinski definition) is 0. The van der Waals surface area contributed by atoms with E-state index in [4.69, 9.17) is 15.0 Å². The third-order valence-electron chi connectivity index (χ3n) is 6.25. The number of pyridine rings is 3. The Hall–Kier alpha value is -4.37. The highest BCUT2D eigenvalue weighted by molar-refractivity contribution is 6.04. The predicted octanol–water partition coefficient (Wildman–Crippen LogP) is 7.80. The number of aromatic nitrogens is 3. The lowest BCUT2D eigenvalue weighted by molar-refractivity contribution is 1.24. The van der Waals surface area contributed by atoms with Crippen molar-refractivity contribution in [2.24, 2.45) is 0 Å². The van der Waals surface area contributed by atoms with Crippen molar-refractivity contribution in [3.8, 4) is 33.8 Å². The Morgan fingerprint density at radius 1 is 0.471 bits per heavy atom. The normalized spacial score (nSPS) is 11.2. The molecule has 0 aliphatic heterocycles. The van der Waals surface area contributed by atoms with Gasteiger partial charge >= 0.3 is 0 Å². The summed E-state index contributed by atoms with van der Waals surface area (Å²) in [6.07, 6.45) is 0. The zero-order valence-electron chi connectivity index (χ0n) is 19.2. The lowest BCUT2D eigenvalue weighted by Gasteiger charge is -2.12. The Morgan fingerprint density at radius 2 is 1.12 bits per heavy atom. The molecule has 0 bridgehead atoms. The average Bonchev–Trinajstić information content (AvgIpc) is 2.89. The molecular formula is C31H23N3. The molecule has 0 amide bonds. The highest BCUT2D eigenvalue weighted by Crippen LogP contribution is 2.32. The third kappa shape index (κ3) is 3.61. The predicted molar refractivity (Wildman–Crippen MR) is 141 cm³/mol. The van der Waals surface area contributed by atoms with Gasteiger partial charge in [-0.25, -0.2) is 9.97 Å². The minimum Gasteiger partial charge on any atom is -0.251 e. The SMILES string of the molecule is Cc1ccc2ccc3c(C)cc(-c4cc(-c5ccccc5)cc(-c5ccccc5)n4)nc3c2n1. The second-order valence-corrected chi connectivity index (χ2v) is 8.67. The van der Waals surface area contributed by atoms with Crippen molar-refractivity contribution in [1.82, 2.24) is 15.0 Å². The molecule has 3 aromatic carbocycles. The highest BCUT2D eigenvalue weighted by Gasteiger charge is 2.13. The molecule has 0 saturated carbocycles. The summed E-state index contributed by atoms with van der Waals surface area (Å²) < 4.78 is 0. The quantitative estimate of drug-likeness (QED) is 0.265. The molecule has 0 saturated heterocycles. The van der Waals surface area contributed by atoms with Gasteiger partial charge in [0.15, 0.2) is 0 Å². The average molecular weight is 438 g/mol. The fourth-order valence-corrected chi connectivity index (χ4v) is 4.49. The molecule has 0 unspecified atom stereocenters. The first-order chi connectivity index (χ1) is 16.7. The molecule has 6 rings (SSSR count). The van der Waals surface area contributed by atoms with Gasteiger partial charge < -0.3 is 0 Å². The van der Waals surface area contributed by atoms with E-state index in [0.717, 1.165) is 61.3 Å². The van der Waals surface area contributed by atoms with E-state index >= 15 is 0 Å². The first kappa shape index (κ1) is 20.3. The van der Waals surface area contributed by atoms with Crippen molar-refractivity contribution in [3.63, 3.8) is 0 Å². The minimum absolute atomic E-state index is 0.856. The second-order valence-electron chi connectivity index (χ2n) is 8.67. The van der Waals surface area contributed by atoms with Gasteiger partial charge in [-0.2, -0.15) is 0 Å². The topological polar surface area (TPSA) is 38.7 Å². The van der Waals surface area contributed by atoms with Crippen LogP contribution in [0.3, 0.4) is 0 Å². The van der Waals surface area contributed by atoms with Gasteiger partial charge in [0.2, 0.25) is 0 Å². The van der Waals surface area contributed by atoms with Crippen LogP contribution in [0.25, 0.3) is 55.6 Å². The summed E-state index contributed by atoms with van der Waals surface area (Å²) in [4.78, 5) is 15.0. The second kappa shape index (κ2) is 8.20. The van der Waals surface area contributed by atoms with Crippen LogP contribution < -0.4 is 0 Å². The van der Waals surface area contributed by atoms with Crippen molar-refractivity contribution in [1.29, 1.82) is 0 Å². The summed E-state index contributed by atoms with van der Waals surface area (Å²) in [6.45, 7) is 4.15. The first-order valence-corrected chi connectivity index (χ1v) is 11.5. The van der Waals surface area contributed by atoms with Gasteiger partial charge in [-0.3, -0.25) is 4.98 Å². The molecule has 3 heterocycles. The number of benzene rings is 3. The van der Waals surface area contributed by atoms with Crippen LogP contribution >= 0.6 is 0 Å². The Morgan fingerprint density at radius 3 is 1.88 bits per heavy atom. The molecule has 3 nitrogen and oxygen atoms in total. The number of aryl methyl sites for hydroxylation is 2. The third-order valence-corrected chi connectivity index (χ3v) is 6.25. The van der Waals surface area contributed by atoms with E-state index in [1.807, 2.05) is 37.3 Å². The highest BCUT2D eigenvalue weighted by atomic mass is 14.8. The fourth-order valence-electron chi connectivity index (χ4n) is 4.49. The summed E-state index contributed by atoms with van der Waals surface area (Å²) in [6, 6.07) is 35.6. The van der Waals surface area contributed by atoms with Crippen molar-refractivity contribution >= 4 is 21.8 Å². The van der Waals surface area contributed by atoms with E-state index in [2.05, 4.69) is 79.7 Å². The van der Waals surface area contributed by atoms with Crippen LogP contribution in [0, 0.1) is 13.8 Å². The van der Waals surface area contributed by atoms with E-state index in [-0.39, 0.29) is 0 Å². The Labute approximate surface area is 198 Å². The molecular weight excluding hydrogens is 414 g/mol. The Kier molecular flexibility index (Phi) is 4.88. The molecule has 162 valence electrons. The molecule has 0 aliphatic carbocycles. The molecule has 6 aromatic rings. The van der Waals surface area contributed by atoms with Gasteiger partial charge in [-0.1, -0.05) is 78.9 Å². The van der Waals surface area contributed by atoms with Gasteiger partial charge in [-0.15, -0.1) is 0 Å². The summed E-state index contributed by atoms with van der Waals surface area (Å²) in [5.74, 6) is 0. The zero-order valence-corrected chi connectivity index (χ0v) is 19.2. The van der Waals surface area contributed by atoms with E-state index in [0.29, 0.717) is 0 Å². The van der Waals surface area contributed by atoms with Crippen LogP contribution in [0.15, 0.2) is 103 Å². The van der Waals surface area contributed by atoms with E-state index in [1.54, 1.807) is 0 Å². The summed E-state index contributed by atoms with van der Waals surface area (Å²) in [5, 5.41) is 2.22. The molecule has 3 aromatic heterocycles. The minimum atomic E-state index is 0.856. The Bertz CT molecular complexity index is 1600. The number of hydrogen-bond acceptors (Lipinski definition) is 3. The largest absolute Gasteiger partial charge is 0.251 e. The summed E-state index contributed by atoms with van der Waals surface area (Å²) >= 11 is 0. The maximum absolute atomic E-state index is 5.12. The van der Waals surface area contributed by atoms with E-state index in [9.17, 15) is 0 Å². The van der Waals surface area contributed by atoms with Gasteiger partial charge in [-0.05, 0) is 54.8 Å². The van der Waals surface area contributed by atoms with E-state index in [1.165, 1.54) is 5.56 Å².